The number of rotatable bonds is 3. The van der Waals surface area contributed by atoms with E-state index >= 15 is 0 Å². The lowest BCUT2D eigenvalue weighted by Crippen LogP contribution is -2.46. The molecular formula is C18H22N4O3. The molecule has 1 aromatic heterocycles. The fourth-order valence-corrected chi connectivity index (χ4v) is 2.45. The Kier molecular flexibility index (Phi) is 5.47. The predicted molar refractivity (Wildman–Crippen MR) is 94.8 cm³/mol. The van der Waals surface area contributed by atoms with Crippen LogP contribution in [0.2, 0.25) is 0 Å². The van der Waals surface area contributed by atoms with E-state index in [2.05, 4.69) is 15.7 Å². The molecule has 0 radical (unpaired) electrons. The van der Waals surface area contributed by atoms with Crippen LogP contribution < -0.4 is 15.5 Å². The third-order valence-corrected chi connectivity index (χ3v) is 4.03. The van der Waals surface area contributed by atoms with Crippen LogP contribution in [0.15, 0.2) is 36.5 Å². The molecule has 0 bridgehead atoms. The average molecular weight is 342 g/mol. The monoisotopic (exact) mass is 342 g/mol. The average Bonchev–Trinajstić information content (AvgIpc) is 2.90. The van der Waals surface area contributed by atoms with Crippen molar-refractivity contribution in [2.45, 2.75) is 13.8 Å². The maximum Gasteiger partial charge on any atom is 0.336 e. The summed E-state index contributed by atoms with van der Waals surface area (Å²) < 4.78 is 11.3. The van der Waals surface area contributed by atoms with Gasteiger partial charge in [-0.1, -0.05) is 12.1 Å². The van der Waals surface area contributed by atoms with Gasteiger partial charge in [0, 0.05) is 12.7 Å². The molecule has 0 spiro atoms. The van der Waals surface area contributed by atoms with E-state index in [1.807, 2.05) is 32.0 Å². The topological polar surface area (TPSA) is 75.7 Å². The van der Waals surface area contributed by atoms with Gasteiger partial charge in [0.15, 0.2) is 0 Å². The maximum atomic E-state index is 12.5. The number of hydrogen-bond acceptors (Lipinski definition) is 5. The minimum absolute atomic E-state index is 0.274. The number of pyridine rings is 1. The molecule has 0 unspecified atom stereocenters. The molecule has 25 heavy (non-hydrogen) atoms. The molecule has 7 nitrogen and oxygen atoms in total. The van der Waals surface area contributed by atoms with Crippen LogP contribution in [0.25, 0.3) is 0 Å². The molecule has 2 amide bonds. The Morgan fingerprint density at radius 1 is 1.28 bits per heavy atom. The van der Waals surface area contributed by atoms with Crippen molar-refractivity contribution in [3.8, 4) is 11.6 Å². The molecule has 3 rings (SSSR count). The molecule has 1 fully saturated rings. The summed E-state index contributed by atoms with van der Waals surface area (Å²) in [6, 6.07) is 9.08. The number of amides is 2. The van der Waals surface area contributed by atoms with Crippen LogP contribution >= 0.6 is 0 Å². The summed E-state index contributed by atoms with van der Waals surface area (Å²) in [5.41, 5.74) is 5.71. The van der Waals surface area contributed by atoms with Crippen molar-refractivity contribution < 1.29 is 14.3 Å². The summed E-state index contributed by atoms with van der Waals surface area (Å²) in [6.45, 7) is 6.16. The molecule has 2 N–H and O–H groups in total. The second-order valence-electron chi connectivity index (χ2n) is 5.76. The van der Waals surface area contributed by atoms with Crippen molar-refractivity contribution in [3.05, 3.63) is 47.7 Å². The minimum Gasteiger partial charge on any atom is -0.437 e. The highest BCUT2D eigenvalue weighted by atomic mass is 16.5. The van der Waals surface area contributed by atoms with E-state index in [0.717, 1.165) is 16.9 Å². The van der Waals surface area contributed by atoms with Crippen LogP contribution in [0.5, 0.6) is 11.6 Å². The van der Waals surface area contributed by atoms with E-state index in [1.165, 1.54) is 5.01 Å². The van der Waals surface area contributed by atoms with Crippen molar-refractivity contribution in [3.63, 3.8) is 0 Å². The quantitative estimate of drug-likeness (QED) is 0.897. The highest BCUT2D eigenvalue weighted by Gasteiger charge is 2.18. The molecule has 1 aliphatic rings. The number of carbonyl (C=O) groups is 1. The van der Waals surface area contributed by atoms with Crippen LogP contribution in [0.4, 0.5) is 10.5 Å². The number of anilines is 1. The number of hydrazine groups is 1. The van der Waals surface area contributed by atoms with Gasteiger partial charge >= 0.3 is 6.03 Å². The van der Waals surface area contributed by atoms with Gasteiger partial charge < -0.3 is 14.8 Å². The number of carbonyl (C=O) groups excluding carboxylic acids is 1. The van der Waals surface area contributed by atoms with Gasteiger partial charge in [0.2, 0.25) is 5.88 Å². The van der Waals surface area contributed by atoms with Crippen LogP contribution in [0, 0.1) is 13.8 Å². The first-order valence-electron chi connectivity index (χ1n) is 8.24. The molecular weight excluding hydrogens is 320 g/mol. The molecule has 2 aromatic rings. The van der Waals surface area contributed by atoms with Crippen molar-refractivity contribution in [1.82, 2.24) is 15.4 Å². The third kappa shape index (κ3) is 4.26. The zero-order valence-electron chi connectivity index (χ0n) is 14.4. The minimum atomic E-state index is -0.274. The number of hydrogen-bond donors (Lipinski definition) is 2. The van der Waals surface area contributed by atoms with Crippen molar-refractivity contribution in [2.75, 3.05) is 31.6 Å². The Morgan fingerprint density at radius 2 is 2.16 bits per heavy atom. The Hall–Kier alpha value is -2.64. The summed E-state index contributed by atoms with van der Waals surface area (Å²) in [6.07, 6.45) is 1.63. The maximum absolute atomic E-state index is 12.5. The van der Waals surface area contributed by atoms with E-state index in [9.17, 15) is 4.79 Å². The van der Waals surface area contributed by atoms with Gasteiger partial charge in [0.25, 0.3) is 0 Å². The number of urea groups is 1. The van der Waals surface area contributed by atoms with Gasteiger partial charge in [0.1, 0.15) is 11.4 Å². The first-order chi connectivity index (χ1) is 12.1. The highest BCUT2D eigenvalue weighted by Crippen LogP contribution is 2.30. The smallest absolute Gasteiger partial charge is 0.336 e. The molecule has 1 saturated heterocycles. The lowest BCUT2D eigenvalue weighted by Gasteiger charge is -2.21. The normalized spacial score (nSPS) is 14.7. The van der Waals surface area contributed by atoms with Gasteiger partial charge in [-0.3, -0.25) is 5.01 Å². The second-order valence-corrected chi connectivity index (χ2v) is 5.76. The fraction of sp³-hybridized carbons (Fsp3) is 0.333. The standard InChI is InChI=1S/C18H22N4O3/c1-13-5-3-7-16(14(13)2)25-17-15(6-4-8-19-17)21-18(23)22-10-12-24-11-9-20-22/h3-8,20H,9-12H2,1-2H3,(H,21,23). The fourth-order valence-electron chi connectivity index (χ4n) is 2.45. The summed E-state index contributed by atoms with van der Waals surface area (Å²) in [5.74, 6) is 1.08. The summed E-state index contributed by atoms with van der Waals surface area (Å²) >= 11 is 0. The highest BCUT2D eigenvalue weighted by molar-refractivity contribution is 5.90. The van der Waals surface area contributed by atoms with Crippen molar-refractivity contribution in [1.29, 1.82) is 0 Å². The van der Waals surface area contributed by atoms with Gasteiger partial charge in [-0.25, -0.2) is 15.2 Å². The Balaban J connectivity index is 1.76. The molecule has 1 aromatic carbocycles. The van der Waals surface area contributed by atoms with Crippen molar-refractivity contribution in [2.24, 2.45) is 0 Å². The summed E-state index contributed by atoms with van der Waals surface area (Å²) in [7, 11) is 0. The summed E-state index contributed by atoms with van der Waals surface area (Å²) in [4.78, 5) is 16.7. The number of benzene rings is 1. The lowest BCUT2D eigenvalue weighted by molar-refractivity contribution is 0.147. The van der Waals surface area contributed by atoms with E-state index in [4.69, 9.17) is 9.47 Å². The first-order valence-corrected chi connectivity index (χ1v) is 8.24. The van der Waals surface area contributed by atoms with E-state index in [0.29, 0.717) is 37.9 Å². The molecule has 0 aliphatic carbocycles. The number of nitrogens with one attached hydrogen (secondary N) is 2. The zero-order valence-corrected chi connectivity index (χ0v) is 14.4. The number of ether oxygens (including phenoxy) is 2. The number of aryl methyl sites for hydroxylation is 1. The third-order valence-electron chi connectivity index (χ3n) is 4.03. The lowest BCUT2D eigenvalue weighted by atomic mass is 10.1. The Labute approximate surface area is 146 Å². The molecule has 132 valence electrons. The van der Waals surface area contributed by atoms with E-state index in [-0.39, 0.29) is 6.03 Å². The molecule has 7 heteroatoms. The second kappa shape index (κ2) is 7.96. The molecule has 2 heterocycles. The first kappa shape index (κ1) is 17.2. The van der Waals surface area contributed by atoms with Crippen LogP contribution in [-0.4, -0.2) is 42.3 Å². The Bertz CT molecular complexity index is 743. The predicted octanol–water partition coefficient (Wildman–Crippen LogP) is 2.86. The van der Waals surface area contributed by atoms with Crippen molar-refractivity contribution >= 4 is 11.7 Å². The van der Waals surface area contributed by atoms with Crippen LogP contribution in [-0.2, 0) is 4.74 Å². The SMILES string of the molecule is Cc1cccc(Oc2ncccc2NC(=O)N2CCOCCN2)c1C. The summed E-state index contributed by atoms with van der Waals surface area (Å²) in [5, 5.41) is 4.35. The van der Waals surface area contributed by atoms with Gasteiger partial charge in [0.05, 0.1) is 19.8 Å². The van der Waals surface area contributed by atoms with Crippen LogP contribution in [0.3, 0.4) is 0 Å². The molecule has 1 aliphatic heterocycles. The molecule has 0 atom stereocenters. The number of aromatic nitrogens is 1. The van der Waals surface area contributed by atoms with Gasteiger partial charge in [-0.2, -0.15) is 0 Å². The van der Waals surface area contributed by atoms with E-state index in [1.54, 1.807) is 18.3 Å². The largest absolute Gasteiger partial charge is 0.437 e. The zero-order chi connectivity index (χ0) is 17.6. The van der Waals surface area contributed by atoms with Crippen LogP contribution in [0.1, 0.15) is 11.1 Å². The van der Waals surface area contributed by atoms with Gasteiger partial charge in [-0.15, -0.1) is 0 Å². The Morgan fingerprint density at radius 3 is 3.04 bits per heavy atom. The van der Waals surface area contributed by atoms with Gasteiger partial charge in [-0.05, 0) is 43.2 Å². The molecule has 0 saturated carbocycles. The van der Waals surface area contributed by atoms with E-state index < -0.39 is 0 Å². The number of nitrogens with zero attached hydrogens (tertiary/aromatic N) is 2.